The molecule has 166 valence electrons. The molecule has 1 heterocycles. The molecule has 1 aliphatic heterocycles. The second kappa shape index (κ2) is 10.5. The van der Waals surface area contributed by atoms with E-state index in [-0.39, 0.29) is 18.4 Å². The van der Waals surface area contributed by atoms with Crippen molar-refractivity contribution >= 4 is 40.8 Å². The molecule has 1 saturated heterocycles. The number of nitrogens with zero attached hydrogens (tertiary/aromatic N) is 2. The van der Waals surface area contributed by atoms with Crippen LogP contribution in [0, 0.1) is 13.8 Å². The number of hydrogen-bond donors (Lipinski definition) is 1. The lowest BCUT2D eigenvalue weighted by atomic mass is 10.0. The molecule has 0 radical (unpaired) electrons. The van der Waals surface area contributed by atoms with Gasteiger partial charge in [0, 0.05) is 31.2 Å². The summed E-state index contributed by atoms with van der Waals surface area (Å²) in [4.78, 5) is 29.2. The number of esters is 1. The molecule has 2 aromatic carbocycles. The van der Waals surface area contributed by atoms with Crippen molar-refractivity contribution in [3.05, 3.63) is 63.1 Å². The van der Waals surface area contributed by atoms with Gasteiger partial charge in [-0.3, -0.25) is 14.6 Å². The quantitative estimate of drug-likeness (QED) is 0.653. The van der Waals surface area contributed by atoms with Gasteiger partial charge in [0.1, 0.15) is 6.04 Å². The lowest BCUT2D eigenvalue weighted by Gasteiger charge is -2.38. The van der Waals surface area contributed by atoms with Crippen molar-refractivity contribution < 1.29 is 14.3 Å². The van der Waals surface area contributed by atoms with Gasteiger partial charge in [-0.15, -0.1) is 0 Å². The molecule has 8 heteroatoms. The number of carbonyl (C=O) groups is 2. The molecule has 0 aromatic heterocycles. The van der Waals surface area contributed by atoms with Gasteiger partial charge < -0.3 is 10.1 Å². The Bertz CT molecular complexity index is 936. The smallest absolute Gasteiger partial charge is 0.327 e. The Labute approximate surface area is 193 Å². The third-order valence-corrected chi connectivity index (χ3v) is 6.10. The second-order valence-electron chi connectivity index (χ2n) is 7.75. The van der Waals surface area contributed by atoms with E-state index in [0.29, 0.717) is 41.9 Å². The number of amides is 1. The summed E-state index contributed by atoms with van der Waals surface area (Å²) < 4.78 is 5.03. The first kappa shape index (κ1) is 23.5. The van der Waals surface area contributed by atoms with Gasteiger partial charge in [0.15, 0.2) is 0 Å². The first-order valence-corrected chi connectivity index (χ1v) is 10.9. The van der Waals surface area contributed by atoms with E-state index in [4.69, 9.17) is 27.9 Å². The highest BCUT2D eigenvalue weighted by atomic mass is 35.5. The molecule has 31 heavy (non-hydrogen) atoms. The number of nitrogens with one attached hydrogen (secondary N) is 1. The summed E-state index contributed by atoms with van der Waals surface area (Å²) in [7, 11) is 1.38. The molecule has 1 amide bonds. The minimum atomic E-state index is -0.566. The van der Waals surface area contributed by atoms with Crippen LogP contribution in [0.25, 0.3) is 0 Å². The summed E-state index contributed by atoms with van der Waals surface area (Å²) in [6, 6.07) is 10.6. The van der Waals surface area contributed by atoms with Crippen LogP contribution in [0.1, 0.15) is 22.7 Å². The third kappa shape index (κ3) is 5.77. The molecule has 0 bridgehead atoms. The van der Waals surface area contributed by atoms with Crippen molar-refractivity contribution in [1.82, 2.24) is 9.80 Å². The average molecular weight is 464 g/mol. The molecule has 1 atom stereocenters. The SMILES string of the molecule is COC(=O)C(c1ccccc1Cl)N1CCN(CC(=O)Nc2c(C)cc(C)cc2Cl)CC1. The highest BCUT2D eigenvalue weighted by Gasteiger charge is 2.32. The molecule has 3 rings (SSSR count). The molecule has 2 aromatic rings. The Balaban J connectivity index is 1.61. The zero-order chi connectivity index (χ0) is 22.5. The number of hydrogen-bond acceptors (Lipinski definition) is 5. The van der Waals surface area contributed by atoms with Gasteiger partial charge in [-0.05, 0) is 42.7 Å². The van der Waals surface area contributed by atoms with Crippen molar-refractivity contribution in [2.45, 2.75) is 19.9 Å². The number of aryl methyl sites for hydroxylation is 2. The van der Waals surface area contributed by atoms with Crippen LogP contribution in [-0.2, 0) is 14.3 Å². The predicted octanol–water partition coefficient (Wildman–Crippen LogP) is 4.08. The van der Waals surface area contributed by atoms with Crippen LogP contribution >= 0.6 is 23.2 Å². The summed E-state index contributed by atoms with van der Waals surface area (Å²) in [5.74, 6) is -0.457. The van der Waals surface area contributed by atoms with E-state index >= 15 is 0 Å². The minimum absolute atomic E-state index is 0.113. The Morgan fingerprint density at radius 1 is 1.06 bits per heavy atom. The number of rotatable bonds is 6. The van der Waals surface area contributed by atoms with Crippen LogP contribution in [0.5, 0.6) is 0 Å². The standard InChI is InChI=1S/C23H27Cl2N3O3/c1-15-12-16(2)21(19(25)13-15)26-20(29)14-27-8-10-28(11-9-27)22(23(30)31-3)17-6-4-5-7-18(17)24/h4-7,12-13,22H,8-11,14H2,1-3H3,(H,26,29). The number of ether oxygens (including phenoxy) is 1. The first-order chi connectivity index (χ1) is 14.8. The average Bonchev–Trinajstić information content (AvgIpc) is 2.73. The summed E-state index contributed by atoms with van der Waals surface area (Å²) in [6.07, 6.45) is 0. The van der Waals surface area contributed by atoms with E-state index in [1.807, 2.05) is 49.1 Å². The second-order valence-corrected chi connectivity index (χ2v) is 8.56. The number of benzene rings is 2. The number of methoxy groups -OCH3 is 1. The Morgan fingerprint density at radius 3 is 2.35 bits per heavy atom. The minimum Gasteiger partial charge on any atom is -0.468 e. The van der Waals surface area contributed by atoms with Gasteiger partial charge >= 0.3 is 5.97 Å². The van der Waals surface area contributed by atoms with Gasteiger partial charge in [0.25, 0.3) is 0 Å². The number of carbonyl (C=O) groups excluding carboxylic acids is 2. The topological polar surface area (TPSA) is 61.9 Å². The highest BCUT2D eigenvalue weighted by molar-refractivity contribution is 6.34. The molecule has 1 aliphatic rings. The summed E-state index contributed by atoms with van der Waals surface area (Å²) in [6.45, 7) is 6.67. The molecule has 0 aliphatic carbocycles. The fourth-order valence-corrected chi connectivity index (χ4v) is 4.52. The van der Waals surface area contributed by atoms with Gasteiger partial charge in [0.2, 0.25) is 5.91 Å². The van der Waals surface area contributed by atoms with Gasteiger partial charge in [-0.2, -0.15) is 0 Å². The highest BCUT2D eigenvalue weighted by Crippen LogP contribution is 2.30. The van der Waals surface area contributed by atoms with Gasteiger partial charge in [-0.25, -0.2) is 4.79 Å². The molecule has 1 N–H and O–H groups in total. The molecular weight excluding hydrogens is 437 g/mol. The molecule has 0 spiro atoms. The number of piperazine rings is 1. The van der Waals surface area contributed by atoms with Crippen LogP contribution < -0.4 is 5.32 Å². The molecule has 1 unspecified atom stereocenters. The Kier molecular flexibility index (Phi) is 7.94. The van der Waals surface area contributed by atoms with E-state index in [2.05, 4.69) is 10.2 Å². The molecular formula is C23H27Cl2N3O3. The monoisotopic (exact) mass is 463 g/mol. The maximum Gasteiger partial charge on any atom is 0.327 e. The lowest BCUT2D eigenvalue weighted by molar-refractivity contribution is -0.148. The first-order valence-electron chi connectivity index (χ1n) is 10.2. The van der Waals surface area contributed by atoms with E-state index in [0.717, 1.165) is 16.7 Å². The Hall–Kier alpha value is -2.12. The van der Waals surface area contributed by atoms with Crippen LogP contribution in [0.4, 0.5) is 5.69 Å². The van der Waals surface area contributed by atoms with Crippen molar-refractivity contribution in [3.63, 3.8) is 0 Å². The van der Waals surface area contributed by atoms with Crippen molar-refractivity contribution in [3.8, 4) is 0 Å². The summed E-state index contributed by atoms with van der Waals surface area (Å²) in [5, 5.41) is 4.00. The van der Waals surface area contributed by atoms with Crippen LogP contribution in [-0.4, -0.2) is 61.5 Å². The van der Waals surface area contributed by atoms with Crippen molar-refractivity contribution in [1.29, 1.82) is 0 Å². The fraction of sp³-hybridized carbons (Fsp3) is 0.391. The predicted molar refractivity (Wildman–Crippen MR) is 124 cm³/mol. The zero-order valence-electron chi connectivity index (χ0n) is 18.0. The fourth-order valence-electron chi connectivity index (χ4n) is 3.92. The van der Waals surface area contributed by atoms with Crippen molar-refractivity contribution in [2.24, 2.45) is 0 Å². The van der Waals surface area contributed by atoms with Gasteiger partial charge in [-0.1, -0.05) is 47.5 Å². The van der Waals surface area contributed by atoms with Crippen molar-refractivity contribution in [2.75, 3.05) is 45.2 Å². The van der Waals surface area contributed by atoms with E-state index in [1.165, 1.54) is 7.11 Å². The molecule has 0 saturated carbocycles. The molecule has 1 fully saturated rings. The zero-order valence-corrected chi connectivity index (χ0v) is 19.5. The normalized spacial score (nSPS) is 16.0. The van der Waals surface area contributed by atoms with E-state index < -0.39 is 6.04 Å². The van der Waals surface area contributed by atoms with E-state index in [1.54, 1.807) is 6.07 Å². The number of halogens is 2. The summed E-state index contributed by atoms with van der Waals surface area (Å²) >= 11 is 12.6. The number of anilines is 1. The Morgan fingerprint density at radius 2 is 1.74 bits per heavy atom. The largest absolute Gasteiger partial charge is 0.468 e. The molecule has 6 nitrogen and oxygen atoms in total. The van der Waals surface area contributed by atoms with Crippen LogP contribution in [0.2, 0.25) is 10.0 Å². The maximum absolute atomic E-state index is 12.6. The van der Waals surface area contributed by atoms with Gasteiger partial charge in [0.05, 0.1) is 24.4 Å². The van der Waals surface area contributed by atoms with E-state index in [9.17, 15) is 9.59 Å². The maximum atomic E-state index is 12.6. The summed E-state index contributed by atoms with van der Waals surface area (Å²) in [5.41, 5.74) is 3.37. The third-order valence-electron chi connectivity index (χ3n) is 5.46. The lowest BCUT2D eigenvalue weighted by Crippen LogP contribution is -2.51. The van der Waals surface area contributed by atoms with Crippen LogP contribution in [0.3, 0.4) is 0 Å². The van der Waals surface area contributed by atoms with Crippen LogP contribution in [0.15, 0.2) is 36.4 Å².